The molecular formula is C27H48O3. The van der Waals surface area contributed by atoms with Gasteiger partial charge in [-0.15, -0.1) is 0 Å². The van der Waals surface area contributed by atoms with Crippen LogP contribution in [0.5, 0.6) is 0 Å². The van der Waals surface area contributed by atoms with E-state index in [1.807, 2.05) is 0 Å². The highest BCUT2D eigenvalue weighted by Gasteiger charge is 2.64. The summed E-state index contributed by atoms with van der Waals surface area (Å²) < 4.78 is 0. The zero-order valence-corrected chi connectivity index (χ0v) is 20.0. The Morgan fingerprint density at radius 3 is 2.33 bits per heavy atom. The zero-order chi connectivity index (χ0) is 21.7. The van der Waals surface area contributed by atoms with Crippen LogP contribution in [0, 0.1) is 52.3 Å². The van der Waals surface area contributed by atoms with Gasteiger partial charge in [-0.05, 0) is 116 Å². The fourth-order valence-electron chi connectivity index (χ4n) is 9.73. The third-order valence-electron chi connectivity index (χ3n) is 11.1. The molecule has 3 nitrogen and oxygen atoms in total. The van der Waals surface area contributed by atoms with Crippen LogP contribution in [0.2, 0.25) is 0 Å². The Hall–Kier alpha value is -0.120. The van der Waals surface area contributed by atoms with Gasteiger partial charge in [-0.2, -0.15) is 0 Å². The highest BCUT2D eigenvalue weighted by atomic mass is 16.3. The first kappa shape index (κ1) is 23.1. The first-order valence-corrected chi connectivity index (χ1v) is 13.2. The van der Waals surface area contributed by atoms with E-state index in [-0.39, 0.29) is 12.2 Å². The second-order valence-electron chi connectivity index (χ2n) is 12.3. The molecule has 0 heterocycles. The first-order chi connectivity index (χ1) is 14.3. The number of aliphatic hydroxyl groups excluding tert-OH is 3. The van der Waals surface area contributed by atoms with Gasteiger partial charge < -0.3 is 15.3 Å². The van der Waals surface area contributed by atoms with E-state index in [4.69, 9.17) is 0 Å². The van der Waals surface area contributed by atoms with E-state index in [1.54, 1.807) is 0 Å². The Morgan fingerprint density at radius 1 is 0.933 bits per heavy atom. The molecule has 0 aliphatic heterocycles. The molecular weight excluding hydrogens is 372 g/mol. The van der Waals surface area contributed by atoms with Gasteiger partial charge in [0.25, 0.3) is 0 Å². The third kappa shape index (κ3) is 3.50. The van der Waals surface area contributed by atoms with Crippen molar-refractivity contribution in [2.75, 3.05) is 6.61 Å². The zero-order valence-electron chi connectivity index (χ0n) is 20.0. The topological polar surface area (TPSA) is 60.7 Å². The van der Waals surface area contributed by atoms with E-state index in [9.17, 15) is 15.3 Å². The monoisotopic (exact) mass is 420 g/mol. The van der Waals surface area contributed by atoms with Crippen LogP contribution in [0.15, 0.2) is 0 Å². The second kappa shape index (κ2) is 8.67. The quantitative estimate of drug-likeness (QED) is 0.538. The molecule has 0 saturated heterocycles. The van der Waals surface area contributed by atoms with Crippen LogP contribution >= 0.6 is 0 Å². The van der Waals surface area contributed by atoms with Crippen LogP contribution in [-0.2, 0) is 0 Å². The smallest absolute Gasteiger partial charge is 0.0605 e. The van der Waals surface area contributed by atoms with E-state index < -0.39 is 0 Å². The Labute approximate surface area is 185 Å². The molecule has 0 aromatic carbocycles. The van der Waals surface area contributed by atoms with Crippen LogP contribution < -0.4 is 0 Å². The van der Waals surface area contributed by atoms with Gasteiger partial charge in [-0.25, -0.2) is 0 Å². The summed E-state index contributed by atoms with van der Waals surface area (Å²) in [6, 6.07) is 0. The minimum atomic E-state index is -0.186. The van der Waals surface area contributed by atoms with Crippen molar-refractivity contribution in [3.05, 3.63) is 0 Å². The summed E-state index contributed by atoms with van der Waals surface area (Å²) in [7, 11) is 0. The molecule has 4 saturated carbocycles. The molecule has 3 unspecified atom stereocenters. The molecule has 11 atom stereocenters. The molecule has 3 N–H and O–H groups in total. The van der Waals surface area contributed by atoms with Gasteiger partial charge in [-0.3, -0.25) is 0 Å². The first-order valence-electron chi connectivity index (χ1n) is 13.2. The van der Waals surface area contributed by atoms with E-state index in [0.717, 1.165) is 50.9 Å². The normalized spacial score (nSPS) is 51.7. The predicted molar refractivity (Wildman–Crippen MR) is 122 cm³/mol. The molecule has 4 fully saturated rings. The number of hydrogen-bond acceptors (Lipinski definition) is 3. The van der Waals surface area contributed by atoms with Gasteiger partial charge in [0.2, 0.25) is 0 Å². The van der Waals surface area contributed by atoms with Crippen molar-refractivity contribution >= 4 is 0 Å². The second-order valence-corrected chi connectivity index (χ2v) is 12.3. The standard InChI is InChI=1S/C27H48O3/c1-5-7-19-23-16-18(29)11-13-27(23,4)22-12-14-26(3)20(17(2)8-6-15-28)9-10-21(26)24(22)25(19)30/h17-25,28-30H,5-16H2,1-4H3/t17-,18-,19+,20-,21?,22?,23+,24?,25-,26-,27-/m1/s1. The number of hydrogen-bond donors (Lipinski definition) is 3. The molecule has 0 radical (unpaired) electrons. The molecule has 0 aromatic heterocycles. The molecule has 0 spiro atoms. The van der Waals surface area contributed by atoms with Crippen LogP contribution in [-0.4, -0.2) is 34.1 Å². The lowest BCUT2D eigenvalue weighted by Crippen LogP contribution is -2.62. The Kier molecular flexibility index (Phi) is 6.66. The van der Waals surface area contributed by atoms with Gasteiger partial charge in [0.15, 0.2) is 0 Å². The predicted octanol–water partition coefficient (Wildman–Crippen LogP) is 5.41. The van der Waals surface area contributed by atoms with E-state index in [0.29, 0.717) is 52.9 Å². The van der Waals surface area contributed by atoms with Crippen molar-refractivity contribution in [3.8, 4) is 0 Å². The van der Waals surface area contributed by atoms with Crippen molar-refractivity contribution in [1.29, 1.82) is 0 Å². The van der Waals surface area contributed by atoms with Crippen molar-refractivity contribution in [2.24, 2.45) is 52.3 Å². The van der Waals surface area contributed by atoms with Crippen LogP contribution in [0.4, 0.5) is 0 Å². The SMILES string of the molecule is CCC[C@@H]1[C@@H](O)C2C3CC[C@H]([C@H](C)CCCO)[C@@]3(C)CCC2[C@@]2(C)CC[C@@H](O)C[C@@H]12. The van der Waals surface area contributed by atoms with Crippen molar-refractivity contribution in [1.82, 2.24) is 0 Å². The lowest BCUT2D eigenvalue weighted by atomic mass is 9.41. The molecule has 4 aliphatic rings. The van der Waals surface area contributed by atoms with Crippen LogP contribution in [0.1, 0.15) is 98.3 Å². The molecule has 30 heavy (non-hydrogen) atoms. The summed E-state index contributed by atoms with van der Waals surface area (Å²) in [5, 5.41) is 31.7. The Morgan fingerprint density at radius 2 is 1.63 bits per heavy atom. The summed E-state index contributed by atoms with van der Waals surface area (Å²) in [4.78, 5) is 0. The van der Waals surface area contributed by atoms with Gasteiger partial charge >= 0.3 is 0 Å². The summed E-state index contributed by atoms with van der Waals surface area (Å²) in [6.45, 7) is 10.1. The maximum absolute atomic E-state index is 11.8. The maximum Gasteiger partial charge on any atom is 0.0605 e. The Balaban J connectivity index is 1.64. The molecule has 0 amide bonds. The Bertz CT molecular complexity index is 593. The summed E-state index contributed by atoms with van der Waals surface area (Å²) in [5.74, 6) is 3.99. The van der Waals surface area contributed by atoms with Gasteiger partial charge in [-0.1, -0.05) is 34.1 Å². The molecule has 0 aromatic rings. The van der Waals surface area contributed by atoms with E-state index in [1.165, 1.54) is 25.7 Å². The van der Waals surface area contributed by atoms with Gasteiger partial charge in [0.05, 0.1) is 12.2 Å². The van der Waals surface area contributed by atoms with Gasteiger partial charge in [0, 0.05) is 6.61 Å². The molecule has 4 rings (SSSR count). The maximum atomic E-state index is 11.8. The molecule has 3 heteroatoms. The summed E-state index contributed by atoms with van der Waals surface area (Å²) in [6.07, 6.45) is 12.1. The van der Waals surface area contributed by atoms with Crippen LogP contribution in [0.3, 0.4) is 0 Å². The summed E-state index contributed by atoms with van der Waals surface area (Å²) >= 11 is 0. The summed E-state index contributed by atoms with van der Waals surface area (Å²) in [5.41, 5.74) is 0.649. The lowest BCUT2D eigenvalue weighted by molar-refractivity contribution is -0.204. The lowest BCUT2D eigenvalue weighted by Gasteiger charge is -2.65. The average molecular weight is 421 g/mol. The fraction of sp³-hybridized carbons (Fsp3) is 1.00. The number of rotatable bonds is 6. The van der Waals surface area contributed by atoms with Crippen molar-refractivity contribution < 1.29 is 15.3 Å². The van der Waals surface area contributed by atoms with Crippen molar-refractivity contribution in [3.63, 3.8) is 0 Å². The van der Waals surface area contributed by atoms with Crippen molar-refractivity contribution in [2.45, 2.75) is 111 Å². The highest BCUT2D eigenvalue weighted by Crippen LogP contribution is 2.69. The van der Waals surface area contributed by atoms with Crippen LogP contribution in [0.25, 0.3) is 0 Å². The van der Waals surface area contributed by atoms with E-state index in [2.05, 4.69) is 27.7 Å². The average Bonchev–Trinajstić information content (AvgIpc) is 3.07. The number of aliphatic hydroxyl groups is 3. The fourth-order valence-corrected chi connectivity index (χ4v) is 9.73. The molecule has 4 aliphatic carbocycles. The molecule has 174 valence electrons. The minimum absolute atomic E-state index is 0.164. The largest absolute Gasteiger partial charge is 0.396 e. The third-order valence-corrected chi connectivity index (χ3v) is 11.1. The van der Waals surface area contributed by atoms with E-state index >= 15 is 0 Å². The minimum Gasteiger partial charge on any atom is -0.396 e. The molecule has 0 bridgehead atoms. The number of fused-ring (bicyclic) bond motifs is 5. The highest BCUT2D eigenvalue weighted by molar-refractivity contribution is 5.13. The van der Waals surface area contributed by atoms with Gasteiger partial charge in [0.1, 0.15) is 0 Å².